The van der Waals surface area contributed by atoms with E-state index in [0.29, 0.717) is 23.5 Å². The van der Waals surface area contributed by atoms with E-state index in [4.69, 9.17) is 0 Å². The van der Waals surface area contributed by atoms with Crippen molar-refractivity contribution >= 4 is 23.4 Å². The van der Waals surface area contributed by atoms with Crippen LogP contribution in [0.2, 0.25) is 0 Å². The normalized spacial score (nSPS) is 13.0. The van der Waals surface area contributed by atoms with Crippen LogP contribution < -0.4 is 5.32 Å². The minimum atomic E-state index is -5.93. The van der Waals surface area contributed by atoms with E-state index < -0.39 is 23.5 Å². The van der Waals surface area contributed by atoms with Crippen LogP contribution in [-0.4, -0.2) is 42.3 Å². The number of benzene rings is 2. The summed E-state index contributed by atoms with van der Waals surface area (Å²) in [6.45, 7) is 7.77. The average Bonchev–Trinajstić information content (AvgIpc) is 2.68. The van der Waals surface area contributed by atoms with Gasteiger partial charge in [0.15, 0.2) is 0 Å². The highest BCUT2D eigenvalue weighted by Gasteiger charge is 2.71. The van der Waals surface area contributed by atoms with Crippen molar-refractivity contribution in [3.05, 3.63) is 52.6 Å². The molecule has 2 rings (SSSR count). The Hall–Kier alpha value is -2.75. The van der Waals surface area contributed by atoms with Crippen molar-refractivity contribution in [1.29, 1.82) is 0 Å². The first-order valence-corrected chi connectivity index (χ1v) is 9.71. The van der Waals surface area contributed by atoms with Gasteiger partial charge in [0.05, 0.1) is 12.0 Å². The summed E-state index contributed by atoms with van der Waals surface area (Å²) >= 11 is 0. The molecule has 2 aromatic rings. The van der Waals surface area contributed by atoms with E-state index in [0.717, 1.165) is 29.4 Å². The van der Waals surface area contributed by atoms with E-state index >= 15 is 0 Å². The van der Waals surface area contributed by atoms with Gasteiger partial charge in [-0.25, -0.2) is 4.99 Å². The molecule has 10 heteroatoms. The zero-order valence-electron chi connectivity index (χ0n) is 18.3. The van der Waals surface area contributed by atoms with Crippen LogP contribution >= 0.6 is 0 Å². The summed E-state index contributed by atoms with van der Waals surface area (Å²) in [5, 5.41) is 12.6. The molecule has 0 aliphatic heterocycles. The van der Waals surface area contributed by atoms with Crippen molar-refractivity contribution in [2.45, 2.75) is 45.6 Å². The van der Waals surface area contributed by atoms with Gasteiger partial charge in [-0.3, -0.25) is 0 Å². The van der Waals surface area contributed by atoms with Crippen LogP contribution in [0.4, 0.5) is 43.4 Å². The lowest BCUT2D eigenvalue weighted by Crippen LogP contribution is -2.53. The zero-order chi connectivity index (χ0) is 24.5. The summed E-state index contributed by atoms with van der Waals surface area (Å²) in [5.41, 5.74) is -2.85. The molecule has 0 aliphatic rings. The first-order valence-electron chi connectivity index (χ1n) is 9.71. The lowest BCUT2D eigenvalue weighted by Gasteiger charge is -2.33. The van der Waals surface area contributed by atoms with Gasteiger partial charge in [-0.05, 0) is 62.6 Å². The molecule has 0 amide bonds. The maximum Gasteiger partial charge on any atom is 0.430 e. The van der Waals surface area contributed by atoms with Gasteiger partial charge in [0, 0.05) is 30.5 Å². The molecule has 0 aromatic heterocycles. The minimum absolute atomic E-state index is 0.109. The Kier molecular flexibility index (Phi) is 7.18. The Bertz CT molecular complexity index is 984. The number of anilines is 2. The number of aliphatic imine (C=N–C) groups is 1. The van der Waals surface area contributed by atoms with Gasteiger partial charge < -0.3 is 15.3 Å². The molecular weight excluding hydrogens is 436 g/mol. The number of aliphatic hydroxyl groups is 1. The molecule has 2 N–H and O–H groups in total. The van der Waals surface area contributed by atoms with E-state index in [9.17, 15) is 31.4 Å². The third-order valence-corrected chi connectivity index (χ3v) is 5.17. The first kappa shape index (κ1) is 25.5. The summed E-state index contributed by atoms with van der Waals surface area (Å²) < 4.78 is 78.8. The van der Waals surface area contributed by atoms with Gasteiger partial charge in [-0.1, -0.05) is 12.1 Å². The van der Waals surface area contributed by atoms with Crippen molar-refractivity contribution < 1.29 is 31.4 Å². The van der Waals surface area contributed by atoms with Crippen LogP contribution in [0.5, 0.6) is 0 Å². The highest BCUT2D eigenvalue weighted by Crippen LogP contribution is 2.50. The molecule has 0 saturated heterocycles. The third-order valence-electron chi connectivity index (χ3n) is 5.17. The third kappa shape index (κ3) is 5.01. The van der Waals surface area contributed by atoms with Gasteiger partial charge in [0.25, 0.3) is 5.60 Å². The van der Waals surface area contributed by atoms with Gasteiger partial charge in [-0.2, -0.15) is 26.3 Å². The number of alkyl halides is 6. The van der Waals surface area contributed by atoms with Crippen molar-refractivity contribution in [3.8, 4) is 0 Å². The molecule has 0 saturated carbocycles. The molecule has 0 radical (unpaired) electrons. The van der Waals surface area contributed by atoms with Gasteiger partial charge in [0.1, 0.15) is 0 Å². The predicted molar refractivity (Wildman–Crippen MR) is 113 cm³/mol. The molecule has 32 heavy (non-hydrogen) atoms. The lowest BCUT2D eigenvalue weighted by atomic mass is 9.90. The standard InChI is InChI=1S/C22H25F6N3O/c1-6-31(5)12-29-18-10-15(4)19(11-14(18)3)30-17-8-7-16(9-13(17)2)20(32,21(23,24)25)22(26,27)28/h7-12,30,32H,6H2,1-5H3. The molecule has 4 nitrogen and oxygen atoms in total. The van der Waals surface area contributed by atoms with Crippen molar-refractivity contribution in [2.24, 2.45) is 4.99 Å². The number of halogens is 6. The Labute approximate surface area is 182 Å². The minimum Gasteiger partial charge on any atom is -0.369 e. The zero-order valence-corrected chi connectivity index (χ0v) is 18.3. The van der Waals surface area contributed by atoms with E-state index in [2.05, 4.69) is 10.3 Å². The fourth-order valence-electron chi connectivity index (χ4n) is 2.98. The SMILES string of the molecule is CCN(C)C=Nc1cc(C)c(Nc2ccc(C(O)(C(F)(F)F)C(F)(F)F)cc2C)cc1C. The van der Waals surface area contributed by atoms with Crippen LogP contribution in [0.1, 0.15) is 29.2 Å². The molecular formula is C22H25F6N3O. The molecule has 0 spiro atoms. The fourth-order valence-corrected chi connectivity index (χ4v) is 2.98. The van der Waals surface area contributed by atoms with E-state index in [1.165, 1.54) is 6.92 Å². The number of rotatable bonds is 6. The topological polar surface area (TPSA) is 47.9 Å². The maximum absolute atomic E-state index is 13.1. The van der Waals surface area contributed by atoms with Crippen LogP contribution in [-0.2, 0) is 5.60 Å². The second-order valence-electron chi connectivity index (χ2n) is 7.63. The number of hydrogen-bond acceptors (Lipinski definition) is 3. The van der Waals surface area contributed by atoms with E-state index in [-0.39, 0.29) is 5.56 Å². The number of nitrogens with zero attached hydrogens (tertiary/aromatic N) is 2. The Morgan fingerprint density at radius 3 is 1.97 bits per heavy atom. The number of hydrogen-bond donors (Lipinski definition) is 2. The Morgan fingerprint density at radius 1 is 0.906 bits per heavy atom. The number of aryl methyl sites for hydroxylation is 3. The molecule has 176 valence electrons. The number of nitrogens with one attached hydrogen (secondary N) is 1. The Morgan fingerprint density at radius 2 is 1.47 bits per heavy atom. The predicted octanol–water partition coefficient (Wildman–Crippen LogP) is 6.28. The average molecular weight is 461 g/mol. The second-order valence-corrected chi connectivity index (χ2v) is 7.63. The second kappa shape index (κ2) is 9.01. The summed E-state index contributed by atoms with van der Waals surface area (Å²) in [4.78, 5) is 6.32. The van der Waals surface area contributed by atoms with Gasteiger partial charge in [-0.15, -0.1) is 0 Å². The van der Waals surface area contributed by atoms with Crippen LogP contribution in [0, 0.1) is 20.8 Å². The molecule has 0 bridgehead atoms. The molecule has 2 aromatic carbocycles. The summed E-state index contributed by atoms with van der Waals surface area (Å²) in [6, 6.07) is 6.02. The van der Waals surface area contributed by atoms with E-state index in [1.807, 2.05) is 31.9 Å². The molecule has 0 heterocycles. The molecule has 0 atom stereocenters. The summed E-state index contributed by atoms with van der Waals surface area (Å²) in [7, 11) is 1.88. The highest BCUT2D eigenvalue weighted by molar-refractivity contribution is 5.72. The van der Waals surface area contributed by atoms with Crippen molar-refractivity contribution in [3.63, 3.8) is 0 Å². The Balaban J connectivity index is 2.40. The maximum atomic E-state index is 13.1. The quantitative estimate of drug-likeness (QED) is 0.302. The largest absolute Gasteiger partial charge is 0.430 e. The van der Waals surface area contributed by atoms with E-state index in [1.54, 1.807) is 19.3 Å². The summed E-state index contributed by atoms with van der Waals surface area (Å²) in [6.07, 6.45) is -10.2. The molecule has 0 aliphatic carbocycles. The van der Waals surface area contributed by atoms with Crippen LogP contribution in [0.15, 0.2) is 35.3 Å². The summed E-state index contributed by atoms with van der Waals surface area (Å²) in [5.74, 6) is 0. The highest BCUT2D eigenvalue weighted by atomic mass is 19.4. The van der Waals surface area contributed by atoms with Crippen molar-refractivity contribution in [2.75, 3.05) is 18.9 Å². The van der Waals surface area contributed by atoms with Gasteiger partial charge >= 0.3 is 12.4 Å². The van der Waals surface area contributed by atoms with Crippen LogP contribution in [0.3, 0.4) is 0 Å². The molecule has 0 unspecified atom stereocenters. The van der Waals surface area contributed by atoms with Crippen molar-refractivity contribution in [1.82, 2.24) is 4.90 Å². The monoisotopic (exact) mass is 461 g/mol. The van der Waals surface area contributed by atoms with Crippen LogP contribution in [0.25, 0.3) is 0 Å². The fraction of sp³-hybridized carbons (Fsp3) is 0.409. The first-order chi connectivity index (χ1) is 14.6. The lowest BCUT2D eigenvalue weighted by molar-refractivity contribution is -0.376. The van der Waals surface area contributed by atoms with Gasteiger partial charge in [0.2, 0.25) is 0 Å². The smallest absolute Gasteiger partial charge is 0.369 e. The molecule has 0 fully saturated rings.